The summed E-state index contributed by atoms with van der Waals surface area (Å²) in [5, 5.41) is 1.09. The van der Waals surface area contributed by atoms with Gasteiger partial charge >= 0.3 is 0 Å². The number of hydrogen-bond donors (Lipinski definition) is 0. The van der Waals surface area contributed by atoms with Crippen molar-refractivity contribution in [3.8, 4) is 16.9 Å². The van der Waals surface area contributed by atoms with Gasteiger partial charge in [0.15, 0.2) is 5.15 Å². The van der Waals surface area contributed by atoms with Crippen LogP contribution in [0.15, 0.2) is 48.5 Å². The highest BCUT2D eigenvalue weighted by molar-refractivity contribution is 6.34. The Morgan fingerprint density at radius 3 is 2.10 bits per heavy atom. The van der Waals surface area contributed by atoms with Gasteiger partial charge in [-0.15, -0.1) is 0 Å². The third-order valence-corrected chi connectivity index (χ3v) is 3.77. The van der Waals surface area contributed by atoms with E-state index in [1.165, 1.54) is 12.1 Å². The average Bonchev–Trinajstić information content (AvgIpc) is 2.75. The Hall–Kier alpha value is -1.55. The predicted molar refractivity (Wildman–Crippen MR) is 84.0 cm³/mol. The van der Waals surface area contributed by atoms with E-state index in [1.807, 2.05) is 0 Å². The van der Waals surface area contributed by atoms with E-state index in [4.69, 9.17) is 34.8 Å². The smallest absolute Gasteiger partial charge is 0.209 e. The first-order valence-corrected chi connectivity index (χ1v) is 7.15. The van der Waals surface area contributed by atoms with Gasteiger partial charge in [0.2, 0.25) is 5.28 Å². The van der Waals surface area contributed by atoms with E-state index in [9.17, 15) is 4.39 Å². The molecular weight excluding hydrogens is 334 g/mol. The highest BCUT2D eigenvalue weighted by Crippen LogP contribution is 2.34. The third-order valence-electron chi connectivity index (χ3n) is 3.00. The molecule has 0 radical (unpaired) electrons. The van der Waals surface area contributed by atoms with Crippen molar-refractivity contribution in [1.82, 2.24) is 9.55 Å². The zero-order chi connectivity index (χ0) is 15.0. The fourth-order valence-electron chi connectivity index (χ4n) is 2.05. The summed E-state index contributed by atoms with van der Waals surface area (Å²) in [7, 11) is 0. The van der Waals surface area contributed by atoms with Crippen LogP contribution in [0.5, 0.6) is 0 Å². The summed E-state index contributed by atoms with van der Waals surface area (Å²) in [6, 6.07) is 13.1. The minimum absolute atomic E-state index is 0.224. The highest BCUT2D eigenvalue weighted by Gasteiger charge is 2.17. The van der Waals surface area contributed by atoms with E-state index in [0.717, 1.165) is 11.3 Å². The summed E-state index contributed by atoms with van der Waals surface area (Å²) in [6.45, 7) is 0. The van der Waals surface area contributed by atoms with Gasteiger partial charge < -0.3 is 0 Å². The van der Waals surface area contributed by atoms with Crippen molar-refractivity contribution >= 4 is 34.8 Å². The summed E-state index contributed by atoms with van der Waals surface area (Å²) >= 11 is 18.2. The first-order valence-electron chi connectivity index (χ1n) is 6.02. The fraction of sp³-hybridized carbons (Fsp3) is 0. The maximum atomic E-state index is 13.1. The lowest BCUT2D eigenvalue weighted by Crippen LogP contribution is -1.97. The largest absolute Gasteiger partial charge is 0.282 e. The first kappa shape index (κ1) is 14.4. The van der Waals surface area contributed by atoms with Gasteiger partial charge in [0, 0.05) is 16.3 Å². The molecule has 2 nitrogen and oxygen atoms in total. The molecule has 0 aliphatic heterocycles. The zero-order valence-electron chi connectivity index (χ0n) is 10.5. The van der Waals surface area contributed by atoms with Crippen molar-refractivity contribution in [3.63, 3.8) is 0 Å². The van der Waals surface area contributed by atoms with Crippen LogP contribution in [0.25, 0.3) is 16.9 Å². The van der Waals surface area contributed by atoms with Crippen molar-refractivity contribution in [2.75, 3.05) is 0 Å². The van der Waals surface area contributed by atoms with Crippen LogP contribution in [-0.4, -0.2) is 9.55 Å². The molecule has 0 saturated heterocycles. The standard InChI is InChI=1S/C15H8Cl3FN2/c16-10-3-7-12(8-4-10)21-13(14(17)20-15(21)18)9-1-5-11(19)6-2-9/h1-8H. The lowest BCUT2D eigenvalue weighted by Gasteiger charge is -2.10. The lowest BCUT2D eigenvalue weighted by atomic mass is 10.1. The molecule has 1 heterocycles. The van der Waals surface area contributed by atoms with Crippen molar-refractivity contribution < 1.29 is 4.39 Å². The van der Waals surface area contributed by atoms with Crippen LogP contribution in [0, 0.1) is 5.82 Å². The summed E-state index contributed by atoms with van der Waals surface area (Å²) in [6.07, 6.45) is 0. The second kappa shape index (κ2) is 5.68. The van der Waals surface area contributed by atoms with Gasteiger partial charge in [0.1, 0.15) is 5.82 Å². The van der Waals surface area contributed by atoms with Crippen molar-refractivity contribution in [2.24, 2.45) is 0 Å². The molecule has 0 fully saturated rings. The lowest BCUT2D eigenvalue weighted by molar-refractivity contribution is 0.628. The van der Waals surface area contributed by atoms with Gasteiger partial charge in [-0.2, -0.15) is 0 Å². The van der Waals surface area contributed by atoms with Gasteiger partial charge in [-0.25, -0.2) is 9.37 Å². The van der Waals surface area contributed by atoms with E-state index in [1.54, 1.807) is 41.0 Å². The normalized spacial score (nSPS) is 10.9. The van der Waals surface area contributed by atoms with E-state index < -0.39 is 0 Å². The number of nitrogens with zero attached hydrogens (tertiary/aromatic N) is 2. The molecule has 0 amide bonds. The zero-order valence-corrected chi connectivity index (χ0v) is 12.8. The van der Waals surface area contributed by atoms with Crippen LogP contribution < -0.4 is 0 Å². The topological polar surface area (TPSA) is 17.8 Å². The van der Waals surface area contributed by atoms with E-state index >= 15 is 0 Å². The molecule has 6 heteroatoms. The van der Waals surface area contributed by atoms with Crippen molar-refractivity contribution in [2.45, 2.75) is 0 Å². The van der Waals surface area contributed by atoms with Crippen molar-refractivity contribution in [1.29, 1.82) is 0 Å². The molecule has 0 atom stereocenters. The van der Waals surface area contributed by atoms with Crippen LogP contribution in [0.3, 0.4) is 0 Å². The first-order chi connectivity index (χ1) is 10.1. The third kappa shape index (κ3) is 2.77. The maximum absolute atomic E-state index is 13.1. The molecular formula is C15H8Cl3FN2. The van der Waals surface area contributed by atoms with E-state index in [0.29, 0.717) is 10.7 Å². The van der Waals surface area contributed by atoms with Crippen LogP contribution in [0.4, 0.5) is 4.39 Å². The Morgan fingerprint density at radius 2 is 1.48 bits per heavy atom. The molecule has 2 aromatic carbocycles. The minimum Gasteiger partial charge on any atom is -0.282 e. The Balaban J connectivity index is 2.21. The summed E-state index contributed by atoms with van der Waals surface area (Å²) < 4.78 is 14.8. The molecule has 21 heavy (non-hydrogen) atoms. The monoisotopic (exact) mass is 340 g/mol. The van der Waals surface area contributed by atoms with Crippen LogP contribution in [0.2, 0.25) is 15.5 Å². The quantitative estimate of drug-likeness (QED) is 0.590. The highest BCUT2D eigenvalue weighted by atomic mass is 35.5. The molecule has 0 bridgehead atoms. The Labute approximate surface area is 135 Å². The SMILES string of the molecule is Fc1ccc(-c2c(Cl)nc(Cl)n2-c2ccc(Cl)cc2)cc1. The molecule has 0 N–H and O–H groups in total. The van der Waals surface area contributed by atoms with Gasteiger partial charge in [0.25, 0.3) is 0 Å². The molecule has 1 aromatic heterocycles. The van der Waals surface area contributed by atoms with Crippen LogP contribution >= 0.6 is 34.8 Å². The van der Waals surface area contributed by atoms with E-state index in [2.05, 4.69) is 4.98 Å². The van der Waals surface area contributed by atoms with Gasteiger partial charge in [-0.05, 0) is 60.1 Å². The number of halogens is 4. The molecule has 0 aliphatic carbocycles. The molecule has 0 saturated carbocycles. The average molecular weight is 342 g/mol. The molecule has 0 spiro atoms. The second-order valence-electron chi connectivity index (χ2n) is 4.34. The fourth-order valence-corrected chi connectivity index (χ4v) is 2.76. The van der Waals surface area contributed by atoms with Crippen molar-refractivity contribution in [3.05, 3.63) is 69.8 Å². The Kier molecular flexibility index (Phi) is 3.89. The number of rotatable bonds is 2. The molecule has 3 rings (SSSR count). The molecule has 0 unspecified atom stereocenters. The van der Waals surface area contributed by atoms with Gasteiger partial charge in [0.05, 0.1) is 5.69 Å². The summed E-state index contributed by atoms with van der Waals surface area (Å²) in [5.41, 5.74) is 2.09. The van der Waals surface area contributed by atoms with E-state index in [-0.39, 0.29) is 16.3 Å². The molecule has 0 aliphatic rings. The number of imidazole rings is 1. The molecule has 3 aromatic rings. The molecule has 106 valence electrons. The second-order valence-corrected chi connectivity index (χ2v) is 5.47. The van der Waals surface area contributed by atoms with Gasteiger partial charge in [-0.3, -0.25) is 4.57 Å². The van der Waals surface area contributed by atoms with Gasteiger partial charge in [-0.1, -0.05) is 23.2 Å². The Morgan fingerprint density at radius 1 is 0.857 bits per heavy atom. The number of aromatic nitrogens is 2. The Bertz CT molecular complexity index is 714. The predicted octanol–water partition coefficient (Wildman–Crippen LogP) is 5.64. The van der Waals surface area contributed by atoms with Crippen LogP contribution in [-0.2, 0) is 0 Å². The summed E-state index contributed by atoms with van der Waals surface area (Å²) in [4.78, 5) is 4.08. The minimum atomic E-state index is -0.321. The maximum Gasteiger partial charge on any atom is 0.209 e. The summed E-state index contributed by atoms with van der Waals surface area (Å²) in [5.74, 6) is -0.321. The number of benzene rings is 2. The van der Waals surface area contributed by atoms with Crippen LogP contribution in [0.1, 0.15) is 0 Å². The number of hydrogen-bond acceptors (Lipinski definition) is 1.